The van der Waals surface area contributed by atoms with Crippen molar-refractivity contribution >= 4 is 68.9 Å². The highest BCUT2D eigenvalue weighted by Crippen LogP contribution is 2.29. The Bertz CT molecular complexity index is 1820. The molecule has 1 heterocycles. The number of carbonyl (C=O) groups is 3. The third-order valence-corrected chi connectivity index (χ3v) is 7.07. The second-order valence-corrected chi connectivity index (χ2v) is 9.97. The number of rotatable bonds is 7. The molecular formula is C30H23Cl2N5O4. The molecular weight excluding hydrogens is 565 g/mol. The van der Waals surface area contributed by atoms with Crippen LogP contribution in [0.5, 0.6) is 0 Å². The Kier molecular flexibility index (Phi) is 8.00. The van der Waals surface area contributed by atoms with Gasteiger partial charge in [0.25, 0.3) is 11.8 Å². The quantitative estimate of drug-likeness (QED) is 0.162. The van der Waals surface area contributed by atoms with Crippen LogP contribution in [0.3, 0.4) is 0 Å². The van der Waals surface area contributed by atoms with Crippen molar-refractivity contribution in [3.05, 3.63) is 111 Å². The summed E-state index contributed by atoms with van der Waals surface area (Å²) in [7, 11) is 1.19. The SMILES string of the molecule is COC(=O)/C(=C/c1ccc2n[nH]nc2c1)NC(=O)c1c(Cl)cc(C(=O)N[C@H](C)c2cccc3ccccc23)cc1Cl. The first kappa shape index (κ1) is 27.8. The molecule has 0 saturated carbocycles. The van der Waals surface area contributed by atoms with Gasteiger partial charge in [-0.1, -0.05) is 71.7 Å². The number of hydrogen-bond donors (Lipinski definition) is 3. The Labute approximate surface area is 244 Å². The minimum Gasteiger partial charge on any atom is -0.464 e. The summed E-state index contributed by atoms with van der Waals surface area (Å²) >= 11 is 12.9. The van der Waals surface area contributed by atoms with Crippen LogP contribution in [0.4, 0.5) is 0 Å². The van der Waals surface area contributed by atoms with Crippen molar-refractivity contribution < 1.29 is 19.1 Å². The fraction of sp³-hybridized carbons (Fsp3) is 0.100. The summed E-state index contributed by atoms with van der Waals surface area (Å²) in [4.78, 5) is 38.8. The summed E-state index contributed by atoms with van der Waals surface area (Å²) < 4.78 is 4.83. The number of aromatic nitrogens is 3. The van der Waals surface area contributed by atoms with Crippen LogP contribution in [-0.2, 0) is 9.53 Å². The van der Waals surface area contributed by atoms with E-state index in [1.807, 2.05) is 49.4 Å². The predicted molar refractivity (Wildman–Crippen MR) is 158 cm³/mol. The van der Waals surface area contributed by atoms with Gasteiger partial charge in [-0.15, -0.1) is 0 Å². The fourth-order valence-corrected chi connectivity index (χ4v) is 5.12. The molecule has 0 radical (unpaired) electrons. The van der Waals surface area contributed by atoms with Gasteiger partial charge >= 0.3 is 5.97 Å². The number of nitrogens with one attached hydrogen (secondary N) is 3. The Morgan fingerprint density at radius 3 is 2.37 bits per heavy atom. The van der Waals surface area contributed by atoms with E-state index in [2.05, 4.69) is 26.0 Å². The lowest BCUT2D eigenvalue weighted by Gasteiger charge is -2.17. The second kappa shape index (κ2) is 11.8. The van der Waals surface area contributed by atoms with Crippen LogP contribution in [0.2, 0.25) is 10.0 Å². The number of carbonyl (C=O) groups excluding carboxylic acids is 3. The molecule has 0 aliphatic carbocycles. The lowest BCUT2D eigenvalue weighted by atomic mass is 9.99. The van der Waals surface area contributed by atoms with Crippen LogP contribution in [0.1, 0.15) is 44.8 Å². The van der Waals surface area contributed by atoms with Gasteiger partial charge in [-0.05, 0) is 59.2 Å². The third kappa shape index (κ3) is 5.91. The molecule has 1 atom stereocenters. The maximum atomic E-state index is 13.2. The molecule has 5 aromatic rings. The highest BCUT2D eigenvalue weighted by molar-refractivity contribution is 6.40. The number of methoxy groups -OCH3 is 1. The van der Waals surface area contributed by atoms with Crippen molar-refractivity contribution in [1.29, 1.82) is 0 Å². The van der Waals surface area contributed by atoms with Crippen LogP contribution < -0.4 is 10.6 Å². The van der Waals surface area contributed by atoms with E-state index in [9.17, 15) is 14.4 Å². The van der Waals surface area contributed by atoms with Crippen LogP contribution >= 0.6 is 23.2 Å². The van der Waals surface area contributed by atoms with Gasteiger partial charge in [0.2, 0.25) is 0 Å². The monoisotopic (exact) mass is 587 g/mol. The number of H-pyrrole nitrogens is 1. The van der Waals surface area contributed by atoms with E-state index in [4.69, 9.17) is 27.9 Å². The van der Waals surface area contributed by atoms with Gasteiger partial charge in [0.15, 0.2) is 0 Å². The fourth-order valence-electron chi connectivity index (χ4n) is 4.46. The van der Waals surface area contributed by atoms with E-state index in [0.717, 1.165) is 16.3 Å². The molecule has 9 nitrogen and oxygen atoms in total. The average Bonchev–Trinajstić information content (AvgIpc) is 3.43. The molecule has 206 valence electrons. The Hall–Kier alpha value is -4.73. The van der Waals surface area contributed by atoms with E-state index in [1.165, 1.54) is 25.3 Å². The smallest absolute Gasteiger partial charge is 0.354 e. The highest BCUT2D eigenvalue weighted by Gasteiger charge is 2.23. The number of hydrogen-bond acceptors (Lipinski definition) is 6. The summed E-state index contributed by atoms with van der Waals surface area (Å²) in [6.07, 6.45) is 1.43. The zero-order chi connectivity index (χ0) is 29.1. The number of benzene rings is 4. The number of nitrogens with zero attached hydrogens (tertiary/aromatic N) is 2. The van der Waals surface area contributed by atoms with E-state index >= 15 is 0 Å². The van der Waals surface area contributed by atoms with Gasteiger partial charge in [0.05, 0.1) is 28.8 Å². The van der Waals surface area contributed by atoms with Crippen molar-refractivity contribution in [2.75, 3.05) is 7.11 Å². The van der Waals surface area contributed by atoms with Crippen molar-refractivity contribution in [3.63, 3.8) is 0 Å². The molecule has 0 aliphatic heterocycles. The third-order valence-electron chi connectivity index (χ3n) is 6.47. The molecule has 5 rings (SSSR count). The van der Waals surface area contributed by atoms with Crippen LogP contribution in [0.25, 0.3) is 27.9 Å². The van der Waals surface area contributed by atoms with E-state index in [0.29, 0.717) is 16.6 Å². The standard InChI is InChI=1S/C30H23Cl2N5O4/c1-16(20-9-5-7-18-6-3-4-8-21(18)20)33-28(38)19-14-22(31)27(23(32)15-19)29(39)34-26(30(40)41-2)13-17-10-11-24-25(12-17)36-37-35-24/h3-16H,1-2H3,(H,33,38)(H,34,39)(H,35,36,37)/b26-13-/t16-/m1/s1. The van der Waals surface area contributed by atoms with Crippen molar-refractivity contribution in [1.82, 2.24) is 26.0 Å². The maximum Gasteiger partial charge on any atom is 0.354 e. The molecule has 0 aliphatic rings. The first-order chi connectivity index (χ1) is 19.7. The van der Waals surface area contributed by atoms with Crippen molar-refractivity contribution in [2.45, 2.75) is 13.0 Å². The van der Waals surface area contributed by atoms with Gasteiger partial charge in [-0.2, -0.15) is 15.4 Å². The van der Waals surface area contributed by atoms with Gasteiger partial charge in [0, 0.05) is 5.56 Å². The normalized spacial score (nSPS) is 12.2. The van der Waals surface area contributed by atoms with Gasteiger partial charge < -0.3 is 15.4 Å². The summed E-state index contributed by atoms with van der Waals surface area (Å²) in [6, 6.07) is 21.3. The van der Waals surface area contributed by atoms with E-state index < -0.39 is 17.8 Å². The highest BCUT2D eigenvalue weighted by atomic mass is 35.5. The molecule has 0 saturated heterocycles. The zero-order valence-corrected chi connectivity index (χ0v) is 23.4. The predicted octanol–water partition coefficient (Wildman–Crippen LogP) is 5.85. The summed E-state index contributed by atoms with van der Waals surface area (Å²) in [5, 5.41) is 18.0. The minimum absolute atomic E-state index is 0.0637. The zero-order valence-electron chi connectivity index (χ0n) is 21.9. The molecule has 0 unspecified atom stereocenters. The van der Waals surface area contributed by atoms with Crippen molar-refractivity contribution in [3.8, 4) is 0 Å². The van der Waals surface area contributed by atoms with Gasteiger partial charge in [0.1, 0.15) is 16.7 Å². The molecule has 0 spiro atoms. The number of amides is 2. The molecule has 4 aromatic carbocycles. The first-order valence-electron chi connectivity index (χ1n) is 12.4. The number of fused-ring (bicyclic) bond motifs is 2. The van der Waals surface area contributed by atoms with Crippen LogP contribution in [0, 0.1) is 0 Å². The number of aromatic amines is 1. The van der Waals surface area contributed by atoms with E-state index in [1.54, 1.807) is 18.2 Å². The van der Waals surface area contributed by atoms with Gasteiger partial charge in [-0.25, -0.2) is 4.79 Å². The molecule has 11 heteroatoms. The summed E-state index contributed by atoms with van der Waals surface area (Å²) in [6.45, 7) is 1.88. The second-order valence-electron chi connectivity index (χ2n) is 9.15. The number of ether oxygens (including phenoxy) is 1. The van der Waals surface area contributed by atoms with Crippen molar-refractivity contribution in [2.24, 2.45) is 0 Å². The topological polar surface area (TPSA) is 126 Å². The molecule has 2 amide bonds. The lowest BCUT2D eigenvalue weighted by molar-refractivity contribution is -0.136. The first-order valence-corrected chi connectivity index (χ1v) is 13.2. The Morgan fingerprint density at radius 2 is 1.61 bits per heavy atom. The molecule has 41 heavy (non-hydrogen) atoms. The number of halogens is 2. The largest absolute Gasteiger partial charge is 0.464 e. The Balaban J connectivity index is 1.36. The number of esters is 1. The summed E-state index contributed by atoms with van der Waals surface area (Å²) in [5.74, 6) is -1.96. The van der Waals surface area contributed by atoms with Gasteiger partial charge in [-0.3, -0.25) is 9.59 Å². The van der Waals surface area contributed by atoms with E-state index in [-0.39, 0.29) is 32.9 Å². The molecule has 0 bridgehead atoms. The molecule has 0 fully saturated rings. The Morgan fingerprint density at radius 1 is 0.902 bits per heavy atom. The molecule has 1 aromatic heterocycles. The lowest BCUT2D eigenvalue weighted by Crippen LogP contribution is -2.29. The molecule has 3 N–H and O–H groups in total. The minimum atomic E-state index is -0.788. The maximum absolute atomic E-state index is 13.2. The van der Waals surface area contributed by atoms with Crippen LogP contribution in [0.15, 0.2) is 78.5 Å². The average molecular weight is 588 g/mol. The van der Waals surface area contributed by atoms with Crippen LogP contribution in [-0.4, -0.2) is 40.3 Å². The summed E-state index contributed by atoms with van der Waals surface area (Å²) in [5.41, 5.74) is 2.65.